The van der Waals surface area contributed by atoms with Gasteiger partial charge in [-0.05, 0) is 47.5 Å². The Balaban J connectivity index is 2.05. The molecule has 0 radical (unpaired) electrons. The molecule has 2 unspecified atom stereocenters. The summed E-state index contributed by atoms with van der Waals surface area (Å²) in [6.07, 6.45) is 1.37. The van der Waals surface area contributed by atoms with E-state index in [1.54, 1.807) is 0 Å². The second-order valence-electron chi connectivity index (χ2n) is 5.76. The Morgan fingerprint density at radius 2 is 2.25 bits per heavy atom. The minimum absolute atomic E-state index is 0.143. The summed E-state index contributed by atoms with van der Waals surface area (Å²) in [4.78, 5) is 0.406. The summed E-state index contributed by atoms with van der Waals surface area (Å²) in [5, 5.41) is 3.57. The molecule has 0 heterocycles. The van der Waals surface area contributed by atoms with Crippen molar-refractivity contribution < 1.29 is 4.74 Å². The first-order valence-electron chi connectivity index (χ1n) is 6.83. The highest BCUT2D eigenvalue weighted by Gasteiger charge is 2.48. The van der Waals surface area contributed by atoms with E-state index < -0.39 is 0 Å². The Bertz CT molecular complexity index is 519. The van der Waals surface area contributed by atoms with Gasteiger partial charge in [0.15, 0.2) is 0 Å². The van der Waals surface area contributed by atoms with E-state index in [-0.39, 0.29) is 5.41 Å². The highest BCUT2D eigenvalue weighted by Crippen LogP contribution is 2.44. The maximum absolute atomic E-state index is 5.75. The first kappa shape index (κ1) is 15.7. The number of ether oxygens (including phenoxy) is 1. The maximum atomic E-state index is 5.75. The largest absolute Gasteiger partial charge is 0.389 e. The van der Waals surface area contributed by atoms with Crippen molar-refractivity contribution in [2.45, 2.75) is 39.3 Å². The van der Waals surface area contributed by atoms with E-state index in [0.29, 0.717) is 17.1 Å². The van der Waals surface area contributed by atoms with Crippen molar-refractivity contribution in [3.63, 3.8) is 0 Å². The monoisotopic (exact) mass is 356 g/mol. The van der Waals surface area contributed by atoms with Crippen molar-refractivity contribution in [2.75, 3.05) is 11.9 Å². The van der Waals surface area contributed by atoms with Crippen LogP contribution in [0.1, 0.15) is 32.8 Å². The van der Waals surface area contributed by atoms with Gasteiger partial charge in [0.1, 0.15) is 4.99 Å². The van der Waals surface area contributed by atoms with Crippen molar-refractivity contribution in [2.24, 2.45) is 11.1 Å². The molecule has 0 aromatic heterocycles. The molecular weight excluding hydrogens is 336 g/mol. The number of halogens is 1. The number of hydrogen-bond acceptors (Lipinski definition) is 3. The molecule has 1 aromatic rings. The standard InChI is InChI=1S/C15H21BrN2OS/c1-4-19-13-8-12(15(13,2)3)18-9-5-6-10(14(17)20)11(16)7-9/h5-7,12-13,18H,4,8H2,1-3H3,(H2,17,20). The second-order valence-corrected chi connectivity index (χ2v) is 7.05. The quantitative estimate of drug-likeness (QED) is 0.789. The Morgan fingerprint density at radius 1 is 1.55 bits per heavy atom. The second kappa shape index (κ2) is 6.00. The molecule has 2 atom stereocenters. The van der Waals surface area contributed by atoms with Gasteiger partial charge in [-0.1, -0.05) is 26.1 Å². The van der Waals surface area contributed by atoms with Crippen molar-refractivity contribution in [1.82, 2.24) is 0 Å². The van der Waals surface area contributed by atoms with E-state index in [0.717, 1.165) is 28.8 Å². The average molecular weight is 357 g/mol. The van der Waals surface area contributed by atoms with Crippen LogP contribution in [0.2, 0.25) is 0 Å². The summed E-state index contributed by atoms with van der Waals surface area (Å²) in [5.41, 5.74) is 7.75. The minimum Gasteiger partial charge on any atom is -0.389 e. The zero-order chi connectivity index (χ0) is 14.9. The van der Waals surface area contributed by atoms with E-state index in [1.165, 1.54) is 0 Å². The molecule has 20 heavy (non-hydrogen) atoms. The van der Waals surface area contributed by atoms with Crippen LogP contribution < -0.4 is 11.1 Å². The summed E-state index contributed by atoms with van der Waals surface area (Å²) < 4.78 is 6.68. The molecule has 0 aliphatic heterocycles. The number of thiocarbonyl (C=S) groups is 1. The Labute approximate surface area is 134 Å². The molecule has 1 aromatic carbocycles. The molecular formula is C15H21BrN2OS. The van der Waals surface area contributed by atoms with Crippen LogP contribution in [0.15, 0.2) is 22.7 Å². The number of nitrogens with two attached hydrogens (primary N) is 1. The van der Waals surface area contributed by atoms with E-state index in [4.69, 9.17) is 22.7 Å². The molecule has 110 valence electrons. The zero-order valence-electron chi connectivity index (χ0n) is 12.1. The molecule has 0 amide bonds. The first-order chi connectivity index (χ1) is 9.36. The fourth-order valence-electron chi connectivity index (χ4n) is 2.62. The Kier molecular flexibility index (Phi) is 4.72. The predicted molar refractivity (Wildman–Crippen MR) is 91.3 cm³/mol. The van der Waals surface area contributed by atoms with Gasteiger partial charge in [0.2, 0.25) is 0 Å². The minimum atomic E-state index is 0.143. The zero-order valence-corrected chi connectivity index (χ0v) is 14.5. The first-order valence-corrected chi connectivity index (χ1v) is 8.04. The average Bonchev–Trinajstić information content (AvgIpc) is 2.37. The number of rotatable bonds is 5. The molecule has 2 rings (SSSR count). The van der Waals surface area contributed by atoms with Crippen LogP contribution in [0.3, 0.4) is 0 Å². The van der Waals surface area contributed by atoms with Crippen molar-refractivity contribution in [1.29, 1.82) is 0 Å². The Hall–Kier alpha value is -0.650. The topological polar surface area (TPSA) is 47.3 Å². The molecule has 3 N–H and O–H groups in total. The molecule has 1 aliphatic carbocycles. The lowest BCUT2D eigenvalue weighted by atomic mass is 9.64. The van der Waals surface area contributed by atoms with E-state index >= 15 is 0 Å². The highest BCUT2D eigenvalue weighted by atomic mass is 79.9. The lowest BCUT2D eigenvalue weighted by molar-refractivity contribution is -0.0975. The van der Waals surface area contributed by atoms with Crippen LogP contribution in [0.4, 0.5) is 5.69 Å². The third kappa shape index (κ3) is 3.00. The van der Waals surface area contributed by atoms with Gasteiger partial charge in [-0.3, -0.25) is 0 Å². The van der Waals surface area contributed by atoms with Gasteiger partial charge in [0.05, 0.1) is 6.10 Å². The third-order valence-corrected chi connectivity index (χ3v) is 5.00. The van der Waals surface area contributed by atoms with Crippen molar-refractivity contribution >= 4 is 38.8 Å². The summed E-state index contributed by atoms with van der Waals surface area (Å²) >= 11 is 8.52. The van der Waals surface area contributed by atoms with E-state index in [1.807, 2.05) is 25.1 Å². The molecule has 1 aliphatic rings. The molecule has 3 nitrogen and oxygen atoms in total. The number of benzene rings is 1. The Morgan fingerprint density at radius 3 is 2.75 bits per heavy atom. The van der Waals surface area contributed by atoms with Crippen molar-refractivity contribution in [3.8, 4) is 0 Å². The summed E-state index contributed by atoms with van der Waals surface area (Å²) in [6, 6.07) is 6.41. The number of nitrogens with one attached hydrogen (secondary N) is 1. The number of anilines is 1. The predicted octanol–water partition coefficient (Wildman–Crippen LogP) is 3.70. The SMILES string of the molecule is CCOC1CC(Nc2ccc(C(N)=S)c(Br)c2)C1(C)C. The molecule has 0 saturated heterocycles. The lowest BCUT2D eigenvalue weighted by Crippen LogP contribution is -2.58. The van der Waals surface area contributed by atoms with Gasteiger partial charge >= 0.3 is 0 Å². The van der Waals surface area contributed by atoms with Gasteiger partial charge in [-0.25, -0.2) is 0 Å². The molecule has 0 spiro atoms. The third-order valence-electron chi connectivity index (χ3n) is 4.12. The molecule has 1 fully saturated rings. The highest BCUT2D eigenvalue weighted by molar-refractivity contribution is 9.10. The van der Waals surface area contributed by atoms with Crippen LogP contribution in [-0.2, 0) is 4.74 Å². The summed E-state index contributed by atoms with van der Waals surface area (Å²) in [7, 11) is 0. The van der Waals surface area contributed by atoms with Gasteiger partial charge < -0.3 is 15.8 Å². The van der Waals surface area contributed by atoms with Crippen molar-refractivity contribution in [3.05, 3.63) is 28.2 Å². The molecule has 5 heteroatoms. The van der Waals surface area contributed by atoms with Crippen LogP contribution >= 0.6 is 28.1 Å². The van der Waals surface area contributed by atoms with Crippen LogP contribution in [0.25, 0.3) is 0 Å². The van der Waals surface area contributed by atoms with Gasteiger partial charge in [0, 0.05) is 33.8 Å². The summed E-state index contributed by atoms with van der Waals surface area (Å²) in [5.74, 6) is 0. The van der Waals surface area contributed by atoms with Crippen LogP contribution in [0, 0.1) is 5.41 Å². The van der Waals surface area contributed by atoms with E-state index in [2.05, 4.69) is 35.1 Å². The van der Waals surface area contributed by atoms with Gasteiger partial charge in [-0.15, -0.1) is 0 Å². The van der Waals surface area contributed by atoms with Crippen LogP contribution in [0.5, 0.6) is 0 Å². The smallest absolute Gasteiger partial charge is 0.105 e. The lowest BCUT2D eigenvalue weighted by Gasteiger charge is -2.52. The summed E-state index contributed by atoms with van der Waals surface area (Å²) in [6.45, 7) is 7.30. The molecule has 1 saturated carbocycles. The molecule has 0 bridgehead atoms. The fraction of sp³-hybridized carbons (Fsp3) is 0.533. The van der Waals surface area contributed by atoms with E-state index in [9.17, 15) is 0 Å². The van der Waals surface area contributed by atoms with Gasteiger partial charge in [-0.2, -0.15) is 0 Å². The number of hydrogen-bond donors (Lipinski definition) is 2. The van der Waals surface area contributed by atoms with Crippen LogP contribution in [-0.4, -0.2) is 23.7 Å². The van der Waals surface area contributed by atoms with Gasteiger partial charge in [0.25, 0.3) is 0 Å². The maximum Gasteiger partial charge on any atom is 0.105 e. The normalized spacial score (nSPS) is 24.0. The fourth-order valence-corrected chi connectivity index (χ4v) is 3.52.